The zero-order chi connectivity index (χ0) is 24.3. The van der Waals surface area contributed by atoms with E-state index in [9.17, 15) is 9.59 Å². The van der Waals surface area contributed by atoms with Crippen molar-refractivity contribution in [1.82, 2.24) is 16.2 Å². The van der Waals surface area contributed by atoms with Crippen molar-refractivity contribution in [2.24, 2.45) is 0 Å². The van der Waals surface area contributed by atoms with Crippen LogP contribution in [0.4, 0.5) is 0 Å². The van der Waals surface area contributed by atoms with Gasteiger partial charge in [0.25, 0.3) is 11.8 Å². The molecule has 9 heteroatoms. The molecule has 2 amide bonds. The second-order valence-corrected chi connectivity index (χ2v) is 8.45. The first-order valence-electron chi connectivity index (χ1n) is 10.6. The molecule has 3 aromatic rings. The van der Waals surface area contributed by atoms with E-state index >= 15 is 0 Å². The number of nitrogens with one attached hydrogen (secondary N) is 3. The molecule has 0 aliphatic carbocycles. The molecule has 0 atom stereocenters. The fourth-order valence-corrected chi connectivity index (χ4v) is 3.42. The summed E-state index contributed by atoms with van der Waals surface area (Å²) in [5, 5.41) is 2.48. The molecule has 0 aromatic heterocycles. The van der Waals surface area contributed by atoms with E-state index in [1.54, 1.807) is 42.5 Å². The number of hydrogen-bond acceptors (Lipinski definition) is 5. The van der Waals surface area contributed by atoms with Gasteiger partial charge in [-0.05, 0) is 54.5 Å². The van der Waals surface area contributed by atoms with Crippen molar-refractivity contribution in [1.29, 1.82) is 0 Å². The highest BCUT2D eigenvalue weighted by atomic mass is 79.9. The number of hydrogen-bond donors (Lipinski definition) is 3. The predicted molar refractivity (Wildman–Crippen MR) is 138 cm³/mol. The maximum Gasteiger partial charge on any atom is 0.273 e. The predicted octanol–water partition coefficient (Wildman–Crippen LogP) is 4.77. The van der Waals surface area contributed by atoms with Gasteiger partial charge in [-0.1, -0.05) is 65.3 Å². The highest BCUT2D eigenvalue weighted by Crippen LogP contribution is 2.23. The Balaban J connectivity index is 1.58. The Hall–Kier alpha value is -3.43. The van der Waals surface area contributed by atoms with E-state index in [0.717, 1.165) is 16.5 Å². The SMILES string of the molecule is CCCOc1ccc(Br)cc1C(=O)NC(=S)NNC(=O)c1ccccc1OCc1ccccc1. The van der Waals surface area contributed by atoms with Gasteiger partial charge in [-0.2, -0.15) is 0 Å². The van der Waals surface area contributed by atoms with Gasteiger partial charge in [0, 0.05) is 4.47 Å². The number of ether oxygens (including phenoxy) is 2. The molecule has 7 nitrogen and oxygen atoms in total. The molecule has 3 aromatic carbocycles. The number of rotatable bonds is 8. The summed E-state index contributed by atoms with van der Waals surface area (Å²) >= 11 is 8.52. The number of amides is 2. The van der Waals surface area contributed by atoms with Gasteiger partial charge in [-0.3, -0.25) is 25.8 Å². The zero-order valence-corrected chi connectivity index (χ0v) is 20.9. The summed E-state index contributed by atoms with van der Waals surface area (Å²) in [7, 11) is 0. The molecule has 3 rings (SSSR count). The highest BCUT2D eigenvalue weighted by molar-refractivity contribution is 9.10. The van der Waals surface area contributed by atoms with Crippen LogP contribution >= 0.6 is 28.1 Å². The summed E-state index contributed by atoms with van der Waals surface area (Å²) in [6.07, 6.45) is 0.805. The molecule has 176 valence electrons. The first-order valence-corrected chi connectivity index (χ1v) is 11.8. The third-order valence-corrected chi connectivity index (χ3v) is 5.23. The molecule has 0 fully saturated rings. The minimum Gasteiger partial charge on any atom is -0.493 e. The largest absolute Gasteiger partial charge is 0.493 e. The van der Waals surface area contributed by atoms with E-state index in [0.29, 0.717) is 35.8 Å². The standard InChI is InChI=1S/C25H24BrN3O4S/c1-2-14-32-22-13-12-18(26)15-20(22)23(30)27-25(34)29-28-24(31)19-10-6-7-11-21(19)33-16-17-8-4-3-5-9-17/h3-13,15H,2,14,16H2,1H3,(H,28,31)(H2,27,29,30,34). The van der Waals surface area contributed by atoms with Crippen LogP contribution in [0.25, 0.3) is 0 Å². The molecule has 0 aliphatic rings. The molecule has 0 heterocycles. The zero-order valence-electron chi connectivity index (χ0n) is 18.5. The van der Waals surface area contributed by atoms with Crippen LogP contribution in [-0.4, -0.2) is 23.5 Å². The van der Waals surface area contributed by atoms with Gasteiger partial charge in [-0.15, -0.1) is 0 Å². The summed E-state index contributed by atoms with van der Waals surface area (Å²) in [5.74, 6) is -0.0632. The third kappa shape index (κ3) is 7.29. The summed E-state index contributed by atoms with van der Waals surface area (Å²) in [6, 6.07) is 21.6. The molecule has 0 spiro atoms. The van der Waals surface area contributed by atoms with Crippen LogP contribution < -0.4 is 25.6 Å². The van der Waals surface area contributed by atoms with Crippen molar-refractivity contribution in [3.8, 4) is 11.5 Å². The Kier molecular flexibility index (Phi) is 9.42. The van der Waals surface area contributed by atoms with Crippen LogP contribution in [0.15, 0.2) is 77.3 Å². The van der Waals surface area contributed by atoms with E-state index in [1.807, 2.05) is 37.3 Å². The lowest BCUT2D eigenvalue weighted by molar-refractivity contribution is 0.0930. The molecular weight excluding hydrogens is 518 g/mol. The maximum atomic E-state index is 12.7. The monoisotopic (exact) mass is 541 g/mol. The van der Waals surface area contributed by atoms with Crippen molar-refractivity contribution < 1.29 is 19.1 Å². The average Bonchev–Trinajstić information content (AvgIpc) is 2.86. The Morgan fingerprint density at radius 1 is 0.853 bits per heavy atom. The van der Waals surface area contributed by atoms with Crippen LogP contribution in [0.1, 0.15) is 39.6 Å². The van der Waals surface area contributed by atoms with E-state index in [1.165, 1.54) is 0 Å². The molecule has 34 heavy (non-hydrogen) atoms. The number of hydrazine groups is 1. The molecule has 3 N–H and O–H groups in total. The van der Waals surface area contributed by atoms with E-state index in [-0.39, 0.29) is 5.11 Å². The second-order valence-electron chi connectivity index (χ2n) is 7.12. The van der Waals surface area contributed by atoms with Gasteiger partial charge in [0.05, 0.1) is 17.7 Å². The van der Waals surface area contributed by atoms with E-state index in [2.05, 4.69) is 32.1 Å². The van der Waals surface area contributed by atoms with Crippen molar-refractivity contribution in [2.45, 2.75) is 20.0 Å². The van der Waals surface area contributed by atoms with Crippen molar-refractivity contribution in [3.63, 3.8) is 0 Å². The molecule has 0 saturated heterocycles. The van der Waals surface area contributed by atoms with Crippen LogP contribution in [-0.2, 0) is 6.61 Å². The highest BCUT2D eigenvalue weighted by Gasteiger charge is 2.16. The van der Waals surface area contributed by atoms with Crippen molar-refractivity contribution >= 4 is 45.1 Å². The van der Waals surface area contributed by atoms with Gasteiger partial charge in [-0.25, -0.2) is 0 Å². The van der Waals surface area contributed by atoms with Gasteiger partial charge >= 0.3 is 0 Å². The molecule has 0 bridgehead atoms. The second kappa shape index (κ2) is 12.7. The van der Waals surface area contributed by atoms with Crippen LogP contribution in [0.5, 0.6) is 11.5 Å². The Morgan fingerprint density at radius 3 is 2.32 bits per heavy atom. The summed E-state index contributed by atoms with van der Waals surface area (Å²) in [4.78, 5) is 25.4. The first kappa shape index (κ1) is 25.2. The summed E-state index contributed by atoms with van der Waals surface area (Å²) in [6.45, 7) is 2.78. The third-order valence-electron chi connectivity index (χ3n) is 4.53. The van der Waals surface area contributed by atoms with E-state index in [4.69, 9.17) is 21.7 Å². The normalized spacial score (nSPS) is 10.2. The van der Waals surface area contributed by atoms with Crippen molar-refractivity contribution in [3.05, 3.63) is 94.0 Å². The smallest absolute Gasteiger partial charge is 0.273 e. The maximum absolute atomic E-state index is 12.7. The van der Waals surface area contributed by atoms with Gasteiger partial charge < -0.3 is 9.47 Å². The van der Waals surface area contributed by atoms with Crippen LogP contribution in [0.2, 0.25) is 0 Å². The fraction of sp³-hybridized carbons (Fsp3) is 0.160. The lowest BCUT2D eigenvalue weighted by atomic mass is 10.2. The van der Waals surface area contributed by atoms with Crippen LogP contribution in [0, 0.1) is 0 Å². The van der Waals surface area contributed by atoms with Crippen LogP contribution in [0.3, 0.4) is 0 Å². The van der Waals surface area contributed by atoms with Gasteiger partial charge in [0.2, 0.25) is 0 Å². The van der Waals surface area contributed by atoms with E-state index < -0.39 is 11.8 Å². The summed E-state index contributed by atoms with van der Waals surface area (Å²) in [5.41, 5.74) is 6.66. The molecule has 0 saturated carbocycles. The molecule has 0 radical (unpaired) electrons. The molecular formula is C25H24BrN3O4S. The fourth-order valence-electron chi connectivity index (χ4n) is 2.92. The van der Waals surface area contributed by atoms with Gasteiger partial charge in [0.15, 0.2) is 5.11 Å². The first-order chi connectivity index (χ1) is 16.5. The number of halogens is 1. The average molecular weight is 542 g/mol. The number of carbonyl (C=O) groups excluding carboxylic acids is 2. The number of thiocarbonyl (C=S) groups is 1. The van der Waals surface area contributed by atoms with Gasteiger partial charge in [0.1, 0.15) is 18.1 Å². The molecule has 0 unspecified atom stereocenters. The number of para-hydroxylation sites is 1. The Bertz CT molecular complexity index is 1160. The lowest BCUT2D eigenvalue weighted by Crippen LogP contribution is -2.48. The Morgan fingerprint density at radius 2 is 1.56 bits per heavy atom. The number of benzene rings is 3. The quantitative estimate of drug-likeness (QED) is 0.281. The topological polar surface area (TPSA) is 88.7 Å². The number of carbonyl (C=O) groups is 2. The minimum absolute atomic E-state index is 0.0672. The Labute approximate surface area is 211 Å². The lowest BCUT2D eigenvalue weighted by Gasteiger charge is -2.15. The molecule has 0 aliphatic heterocycles. The van der Waals surface area contributed by atoms with Crippen molar-refractivity contribution in [2.75, 3.05) is 6.61 Å². The summed E-state index contributed by atoms with van der Waals surface area (Å²) < 4.78 is 12.2. The minimum atomic E-state index is -0.467.